The maximum atomic E-state index is 12.8. The summed E-state index contributed by atoms with van der Waals surface area (Å²) in [5.41, 5.74) is -0.870. The molecule has 0 unspecified atom stereocenters. The number of ether oxygens (including phenoxy) is 1. The first-order chi connectivity index (χ1) is 15.1. The number of nitrogens with zero attached hydrogens (tertiary/aromatic N) is 2. The number of aryl methyl sites for hydroxylation is 1. The molecule has 11 nitrogen and oxygen atoms in total. The zero-order valence-corrected chi connectivity index (χ0v) is 17.6. The van der Waals surface area contributed by atoms with Crippen LogP contribution in [0, 0.1) is 28.4 Å². The van der Waals surface area contributed by atoms with E-state index in [0.717, 1.165) is 18.2 Å². The average molecular weight is 457 g/mol. The summed E-state index contributed by atoms with van der Waals surface area (Å²) < 4.78 is 37.6. The van der Waals surface area contributed by atoms with Gasteiger partial charge in [-0.05, 0) is 30.7 Å². The van der Waals surface area contributed by atoms with Crippen LogP contribution in [0.4, 0.5) is 11.4 Å². The zero-order valence-electron chi connectivity index (χ0n) is 16.7. The highest BCUT2D eigenvalue weighted by molar-refractivity contribution is 7.92. The standard InChI is InChI=1S/C20H15N3O8S/c1-11-15-5-3-13(8-17(15)31-20(25)16(11)9-19(24)30-2)22-32(28,29)18-6-4-14(23(26)27)7-12(18)10-21/h3-8,22H,9H2,1-2H3. The van der Waals surface area contributed by atoms with Crippen molar-refractivity contribution in [2.75, 3.05) is 11.8 Å². The number of sulfonamides is 1. The summed E-state index contributed by atoms with van der Waals surface area (Å²) in [5, 5.41) is 20.6. The second kappa shape index (κ2) is 8.48. The molecule has 32 heavy (non-hydrogen) atoms. The van der Waals surface area contributed by atoms with E-state index < -0.39 is 42.7 Å². The molecule has 0 spiro atoms. The maximum Gasteiger partial charge on any atom is 0.340 e. The Bertz CT molecular complexity index is 1470. The highest BCUT2D eigenvalue weighted by Gasteiger charge is 2.22. The summed E-state index contributed by atoms with van der Waals surface area (Å²) in [4.78, 5) is 33.5. The Labute approximate surface area is 181 Å². The highest BCUT2D eigenvalue weighted by atomic mass is 32.2. The topological polar surface area (TPSA) is 170 Å². The predicted octanol–water partition coefficient (Wildman–Crippen LogP) is 2.40. The Kier molecular flexibility index (Phi) is 5.95. The van der Waals surface area contributed by atoms with Crippen LogP contribution in [-0.2, 0) is 26.0 Å². The van der Waals surface area contributed by atoms with Gasteiger partial charge in [-0.15, -0.1) is 0 Å². The molecule has 0 saturated carbocycles. The molecule has 0 saturated heterocycles. The van der Waals surface area contributed by atoms with E-state index >= 15 is 0 Å². The molecular weight excluding hydrogens is 442 g/mol. The number of hydrogen-bond donors (Lipinski definition) is 1. The Morgan fingerprint density at radius 2 is 2.00 bits per heavy atom. The number of nitro groups is 1. The Hall–Kier alpha value is -4.24. The fraction of sp³-hybridized carbons (Fsp3) is 0.150. The van der Waals surface area contributed by atoms with Crippen molar-refractivity contribution >= 4 is 38.3 Å². The molecule has 0 aliphatic heterocycles. The van der Waals surface area contributed by atoms with Gasteiger partial charge in [-0.25, -0.2) is 13.2 Å². The van der Waals surface area contributed by atoms with Crippen molar-refractivity contribution in [2.24, 2.45) is 0 Å². The Morgan fingerprint density at radius 1 is 1.28 bits per heavy atom. The van der Waals surface area contributed by atoms with Gasteiger partial charge in [0, 0.05) is 23.6 Å². The van der Waals surface area contributed by atoms with E-state index in [1.807, 2.05) is 0 Å². The van der Waals surface area contributed by atoms with E-state index in [1.54, 1.807) is 13.0 Å². The van der Waals surface area contributed by atoms with Crippen LogP contribution in [-0.4, -0.2) is 26.4 Å². The molecule has 0 fully saturated rings. The molecular formula is C20H15N3O8S. The molecule has 164 valence electrons. The number of anilines is 1. The van der Waals surface area contributed by atoms with E-state index in [-0.39, 0.29) is 23.3 Å². The normalized spacial score (nSPS) is 11.0. The minimum absolute atomic E-state index is 0.0306. The first-order valence-corrected chi connectivity index (χ1v) is 10.4. The van der Waals surface area contributed by atoms with Gasteiger partial charge in [0.05, 0.1) is 35.3 Å². The lowest BCUT2D eigenvalue weighted by Gasteiger charge is -2.11. The van der Waals surface area contributed by atoms with Gasteiger partial charge in [0.15, 0.2) is 0 Å². The minimum Gasteiger partial charge on any atom is -0.469 e. The van der Waals surface area contributed by atoms with Gasteiger partial charge in [0.1, 0.15) is 16.5 Å². The number of fused-ring (bicyclic) bond motifs is 1. The summed E-state index contributed by atoms with van der Waals surface area (Å²) in [6, 6.07) is 8.62. The van der Waals surface area contributed by atoms with Gasteiger partial charge in [-0.3, -0.25) is 19.6 Å². The molecule has 2 aromatic carbocycles. The summed E-state index contributed by atoms with van der Waals surface area (Å²) in [6.45, 7) is 1.62. The number of nitriles is 1. The van der Waals surface area contributed by atoms with E-state index in [2.05, 4.69) is 9.46 Å². The number of carbonyl (C=O) groups is 1. The minimum atomic E-state index is -4.29. The number of non-ortho nitro benzene ring substituents is 1. The number of methoxy groups -OCH3 is 1. The maximum absolute atomic E-state index is 12.8. The second-order valence-electron chi connectivity index (χ2n) is 6.61. The third kappa shape index (κ3) is 4.28. The molecule has 12 heteroatoms. The van der Waals surface area contributed by atoms with Gasteiger partial charge < -0.3 is 9.15 Å². The number of rotatable bonds is 6. The van der Waals surface area contributed by atoms with Crippen LogP contribution in [0.15, 0.2) is 50.5 Å². The first kappa shape index (κ1) is 22.4. The number of hydrogen-bond acceptors (Lipinski definition) is 9. The summed E-state index contributed by atoms with van der Waals surface area (Å²) in [6.07, 6.45) is -0.272. The summed E-state index contributed by atoms with van der Waals surface area (Å²) in [5.74, 6) is -0.611. The third-order valence-electron chi connectivity index (χ3n) is 4.67. The monoisotopic (exact) mass is 457 g/mol. The zero-order chi connectivity index (χ0) is 23.6. The van der Waals surface area contributed by atoms with Crippen molar-refractivity contribution in [3.63, 3.8) is 0 Å². The molecule has 1 N–H and O–H groups in total. The van der Waals surface area contributed by atoms with Gasteiger partial charge in [-0.2, -0.15) is 5.26 Å². The van der Waals surface area contributed by atoms with Gasteiger partial charge in [0.2, 0.25) is 0 Å². The van der Waals surface area contributed by atoms with Crippen molar-refractivity contribution in [1.29, 1.82) is 5.26 Å². The van der Waals surface area contributed by atoms with Crippen LogP contribution in [0.5, 0.6) is 0 Å². The van der Waals surface area contributed by atoms with E-state index in [9.17, 15) is 33.4 Å². The average Bonchev–Trinajstić information content (AvgIpc) is 2.75. The predicted molar refractivity (Wildman–Crippen MR) is 112 cm³/mol. The number of esters is 1. The van der Waals surface area contributed by atoms with Gasteiger partial charge in [-0.1, -0.05) is 0 Å². The molecule has 3 rings (SSSR count). The van der Waals surface area contributed by atoms with E-state index in [0.29, 0.717) is 10.9 Å². The van der Waals surface area contributed by atoms with E-state index in [1.165, 1.54) is 25.3 Å². The number of nitrogens with one attached hydrogen (secondary N) is 1. The largest absolute Gasteiger partial charge is 0.469 e. The van der Waals surface area contributed by atoms with Crippen molar-refractivity contribution in [3.05, 3.63) is 73.6 Å². The molecule has 0 bridgehead atoms. The van der Waals surface area contributed by atoms with Crippen LogP contribution >= 0.6 is 0 Å². The lowest BCUT2D eigenvalue weighted by Crippen LogP contribution is -2.17. The number of benzene rings is 2. The molecule has 0 aliphatic carbocycles. The quantitative estimate of drug-likeness (QED) is 0.253. The highest BCUT2D eigenvalue weighted by Crippen LogP contribution is 2.27. The molecule has 1 heterocycles. The van der Waals surface area contributed by atoms with Crippen LogP contribution in [0.3, 0.4) is 0 Å². The molecule has 1 aromatic heterocycles. The van der Waals surface area contributed by atoms with Crippen LogP contribution < -0.4 is 10.3 Å². The lowest BCUT2D eigenvalue weighted by atomic mass is 10.0. The van der Waals surface area contributed by atoms with E-state index in [4.69, 9.17) is 4.42 Å². The van der Waals surface area contributed by atoms with Crippen LogP contribution in [0.25, 0.3) is 11.0 Å². The summed E-state index contributed by atoms with van der Waals surface area (Å²) in [7, 11) is -3.10. The number of nitro benzene ring substituents is 1. The van der Waals surface area contributed by atoms with Crippen LogP contribution in [0.2, 0.25) is 0 Å². The fourth-order valence-electron chi connectivity index (χ4n) is 3.04. The smallest absolute Gasteiger partial charge is 0.340 e. The molecule has 0 aliphatic rings. The fourth-order valence-corrected chi connectivity index (χ4v) is 4.23. The third-order valence-corrected chi connectivity index (χ3v) is 6.11. The number of carbonyl (C=O) groups excluding carboxylic acids is 1. The SMILES string of the molecule is COC(=O)Cc1c(C)c2ccc(NS(=O)(=O)c3ccc([N+](=O)[O-])cc3C#N)cc2oc1=O. The lowest BCUT2D eigenvalue weighted by molar-refractivity contribution is -0.384. The van der Waals surface area contributed by atoms with Crippen molar-refractivity contribution in [3.8, 4) is 6.07 Å². The molecule has 3 aromatic rings. The van der Waals surface area contributed by atoms with Crippen molar-refractivity contribution < 1.29 is 27.3 Å². The molecule has 0 radical (unpaired) electrons. The Balaban J connectivity index is 2.02. The van der Waals surface area contributed by atoms with Gasteiger partial charge >= 0.3 is 11.6 Å². The first-order valence-electron chi connectivity index (χ1n) is 8.92. The summed E-state index contributed by atoms with van der Waals surface area (Å²) >= 11 is 0. The van der Waals surface area contributed by atoms with Crippen molar-refractivity contribution in [1.82, 2.24) is 0 Å². The second-order valence-corrected chi connectivity index (χ2v) is 8.26. The molecule has 0 atom stereocenters. The van der Waals surface area contributed by atoms with Gasteiger partial charge in [0.25, 0.3) is 15.7 Å². The van der Waals surface area contributed by atoms with Crippen molar-refractivity contribution in [2.45, 2.75) is 18.2 Å². The molecule has 0 amide bonds. The Morgan fingerprint density at radius 3 is 2.62 bits per heavy atom. The van der Waals surface area contributed by atoms with Crippen LogP contribution in [0.1, 0.15) is 16.7 Å².